The van der Waals surface area contributed by atoms with Crippen LogP contribution < -0.4 is 0 Å². The van der Waals surface area contributed by atoms with Crippen LogP contribution in [0.25, 0.3) is 0 Å². The Bertz CT molecular complexity index is 602. The molecule has 3 rings (SSSR count). The maximum atomic E-state index is 12.2. The van der Waals surface area contributed by atoms with E-state index in [-0.39, 0.29) is 46.6 Å². The fourth-order valence-electron chi connectivity index (χ4n) is 4.65. The zero-order chi connectivity index (χ0) is 18.7. The van der Waals surface area contributed by atoms with Gasteiger partial charge < -0.3 is 14.2 Å². The van der Waals surface area contributed by atoms with Gasteiger partial charge in [-0.25, -0.2) is 4.79 Å². The van der Waals surface area contributed by atoms with Crippen molar-refractivity contribution in [2.24, 2.45) is 34.5 Å². The highest BCUT2D eigenvalue weighted by Crippen LogP contribution is 2.64. The molecule has 1 aliphatic heterocycles. The SMILES string of the molecule is CC(C(=O)OCC(=O)OC1C2OC(=O)C3C2CC1C3(C)C)C(C)(C)C. The topological polar surface area (TPSA) is 78.9 Å². The Morgan fingerprint density at radius 1 is 1.32 bits per heavy atom. The van der Waals surface area contributed by atoms with Crippen LogP contribution in [0, 0.1) is 34.5 Å². The maximum Gasteiger partial charge on any atom is 0.344 e. The van der Waals surface area contributed by atoms with Gasteiger partial charge in [0.25, 0.3) is 0 Å². The van der Waals surface area contributed by atoms with Crippen LogP contribution >= 0.6 is 0 Å². The van der Waals surface area contributed by atoms with Crippen LogP contribution in [0.2, 0.25) is 0 Å². The molecule has 2 saturated carbocycles. The second-order valence-corrected chi connectivity index (χ2v) is 9.36. The molecule has 2 aliphatic carbocycles. The normalized spacial score (nSPS) is 36.1. The number of hydrogen-bond donors (Lipinski definition) is 0. The van der Waals surface area contributed by atoms with E-state index in [9.17, 15) is 14.4 Å². The number of carbonyl (C=O) groups excluding carboxylic acids is 3. The van der Waals surface area contributed by atoms with Crippen molar-refractivity contribution < 1.29 is 28.6 Å². The lowest BCUT2D eigenvalue weighted by Gasteiger charge is -2.37. The van der Waals surface area contributed by atoms with Gasteiger partial charge in [-0.1, -0.05) is 41.5 Å². The smallest absolute Gasteiger partial charge is 0.344 e. The summed E-state index contributed by atoms with van der Waals surface area (Å²) in [6.45, 7) is 11.3. The molecular formula is C19H28O6. The summed E-state index contributed by atoms with van der Waals surface area (Å²) in [7, 11) is 0. The third-order valence-electron chi connectivity index (χ3n) is 6.61. The Balaban J connectivity index is 1.58. The minimum Gasteiger partial charge on any atom is -0.458 e. The van der Waals surface area contributed by atoms with Crippen LogP contribution in [0.3, 0.4) is 0 Å². The zero-order valence-corrected chi connectivity index (χ0v) is 15.8. The van der Waals surface area contributed by atoms with Crippen molar-refractivity contribution >= 4 is 17.9 Å². The quantitative estimate of drug-likeness (QED) is 0.571. The fourth-order valence-corrected chi connectivity index (χ4v) is 4.65. The van der Waals surface area contributed by atoms with E-state index in [0.717, 1.165) is 6.42 Å². The van der Waals surface area contributed by atoms with Crippen molar-refractivity contribution in [1.82, 2.24) is 0 Å². The lowest BCUT2D eigenvalue weighted by atomic mass is 9.68. The summed E-state index contributed by atoms with van der Waals surface area (Å²) in [5.41, 5.74) is -0.472. The Kier molecular flexibility index (Phi) is 4.16. The summed E-state index contributed by atoms with van der Waals surface area (Å²) in [4.78, 5) is 36.3. The number of esters is 3. The predicted molar refractivity (Wildman–Crippen MR) is 88.2 cm³/mol. The maximum absolute atomic E-state index is 12.2. The van der Waals surface area contributed by atoms with Gasteiger partial charge in [-0.15, -0.1) is 0 Å². The highest BCUT2D eigenvalue weighted by Gasteiger charge is 2.71. The van der Waals surface area contributed by atoms with Gasteiger partial charge in [0.15, 0.2) is 6.61 Å². The lowest BCUT2D eigenvalue weighted by Crippen LogP contribution is -2.45. The van der Waals surface area contributed by atoms with E-state index in [1.165, 1.54) is 0 Å². The molecule has 0 aromatic rings. The minimum absolute atomic E-state index is 0.0945. The Morgan fingerprint density at radius 2 is 1.96 bits per heavy atom. The first-order valence-electron chi connectivity index (χ1n) is 9.01. The van der Waals surface area contributed by atoms with Gasteiger partial charge in [0.05, 0.1) is 11.8 Å². The van der Waals surface area contributed by atoms with Gasteiger partial charge in [0.1, 0.15) is 12.2 Å². The van der Waals surface area contributed by atoms with Crippen LogP contribution in [0.4, 0.5) is 0 Å². The molecule has 0 aromatic heterocycles. The second-order valence-electron chi connectivity index (χ2n) is 9.36. The van der Waals surface area contributed by atoms with Gasteiger partial charge in [0.2, 0.25) is 0 Å². The average Bonchev–Trinajstić information content (AvgIpc) is 3.06. The van der Waals surface area contributed by atoms with Gasteiger partial charge in [-0.2, -0.15) is 0 Å². The van der Waals surface area contributed by atoms with Crippen LogP contribution in [-0.4, -0.2) is 36.7 Å². The fraction of sp³-hybridized carbons (Fsp3) is 0.842. The van der Waals surface area contributed by atoms with Crippen molar-refractivity contribution in [3.8, 4) is 0 Å². The minimum atomic E-state index is -0.581. The molecule has 6 heteroatoms. The lowest BCUT2D eigenvalue weighted by molar-refractivity contribution is -0.173. The molecular weight excluding hydrogens is 324 g/mol. The number of rotatable bonds is 4. The summed E-state index contributed by atoms with van der Waals surface area (Å²) < 4.78 is 16.2. The zero-order valence-electron chi connectivity index (χ0n) is 15.8. The molecule has 0 N–H and O–H groups in total. The van der Waals surface area contributed by atoms with Gasteiger partial charge >= 0.3 is 17.9 Å². The first-order chi connectivity index (χ1) is 11.4. The first kappa shape index (κ1) is 18.2. The number of carbonyl (C=O) groups is 3. The molecule has 0 radical (unpaired) electrons. The van der Waals surface area contributed by atoms with Crippen molar-refractivity contribution in [2.45, 2.75) is 60.2 Å². The van der Waals surface area contributed by atoms with E-state index in [2.05, 4.69) is 0 Å². The molecule has 3 aliphatic rings. The highest BCUT2D eigenvalue weighted by molar-refractivity contribution is 5.79. The van der Waals surface area contributed by atoms with E-state index in [4.69, 9.17) is 14.2 Å². The molecule has 2 bridgehead atoms. The number of hydrogen-bond acceptors (Lipinski definition) is 6. The highest BCUT2D eigenvalue weighted by atomic mass is 16.6. The Hall–Kier alpha value is -1.59. The van der Waals surface area contributed by atoms with Crippen LogP contribution in [0.15, 0.2) is 0 Å². The van der Waals surface area contributed by atoms with Gasteiger partial charge in [-0.05, 0) is 17.3 Å². The average molecular weight is 352 g/mol. The van der Waals surface area contributed by atoms with Crippen molar-refractivity contribution in [3.63, 3.8) is 0 Å². The van der Waals surface area contributed by atoms with E-state index < -0.39 is 24.6 Å². The molecule has 25 heavy (non-hydrogen) atoms. The van der Waals surface area contributed by atoms with E-state index >= 15 is 0 Å². The largest absolute Gasteiger partial charge is 0.458 e. The predicted octanol–water partition coefficient (Wildman–Crippen LogP) is 2.34. The van der Waals surface area contributed by atoms with Crippen LogP contribution in [-0.2, 0) is 28.6 Å². The standard InChI is InChI=1S/C19H28O6/c1-9(18(2,3)4)16(21)23-8-12(20)24-15-11-7-10-13(19(11,5)6)17(22)25-14(10)15/h9-11,13-15H,7-8H2,1-6H3. The Labute approximate surface area is 148 Å². The molecule has 0 spiro atoms. The van der Waals surface area contributed by atoms with E-state index in [1.54, 1.807) is 6.92 Å². The molecule has 140 valence electrons. The molecule has 6 unspecified atom stereocenters. The Morgan fingerprint density at radius 3 is 2.56 bits per heavy atom. The van der Waals surface area contributed by atoms with Crippen molar-refractivity contribution in [3.05, 3.63) is 0 Å². The molecule has 0 aromatic carbocycles. The molecule has 1 heterocycles. The molecule has 1 saturated heterocycles. The molecule has 0 amide bonds. The summed E-state index contributed by atoms with van der Waals surface area (Å²) in [5.74, 6) is -1.35. The van der Waals surface area contributed by atoms with Crippen molar-refractivity contribution in [2.75, 3.05) is 6.61 Å². The monoisotopic (exact) mass is 352 g/mol. The number of fused-ring (bicyclic) bond motifs is 1. The van der Waals surface area contributed by atoms with E-state index in [0.29, 0.717) is 0 Å². The third-order valence-corrected chi connectivity index (χ3v) is 6.61. The molecule has 6 atom stereocenters. The van der Waals surface area contributed by atoms with Crippen LogP contribution in [0.5, 0.6) is 0 Å². The van der Waals surface area contributed by atoms with E-state index in [1.807, 2.05) is 34.6 Å². The summed E-state index contributed by atoms with van der Waals surface area (Å²) in [6, 6.07) is 0. The number of ether oxygens (including phenoxy) is 3. The molecule has 6 nitrogen and oxygen atoms in total. The van der Waals surface area contributed by atoms with Gasteiger partial charge in [-0.3, -0.25) is 9.59 Å². The molecule has 3 fully saturated rings. The van der Waals surface area contributed by atoms with Crippen LogP contribution in [0.1, 0.15) is 48.0 Å². The second kappa shape index (κ2) is 5.71. The van der Waals surface area contributed by atoms with Crippen molar-refractivity contribution in [1.29, 1.82) is 0 Å². The summed E-state index contributed by atoms with van der Waals surface area (Å²) in [5, 5.41) is 0. The summed E-state index contributed by atoms with van der Waals surface area (Å²) in [6.07, 6.45) is 0.0602. The third kappa shape index (κ3) is 2.83. The summed E-state index contributed by atoms with van der Waals surface area (Å²) >= 11 is 0. The first-order valence-corrected chi connectivity index (χ1v) is 9.01. The van der Waals surface area contributed by atoms with Gasteiger partial charge in [0, 0.05) is 11.8 Å².